The average Bonchev–Trinajstić information content (AvgIpc) is 2.60. The largest absolute Gasteiger partial charge is 2.00 e. The third-order valence-corrected chi connectivity index (χ3v) is 4.08. The summed E-state index contributed by atoms with van der Waals surface area (Å²) in [7, 11) is 0. The van der Waals surface area contributed by atoms with Crippen molar-refractivity contribution < 1.29 is 19.8 Å². The van der Waals surface area contributed by atoms with Gasteiger partial charge in [0, 0.05) is 11.9 Å². The van der Waals surface area contributed by atoms with Crippen LogP contribution in [0.15, 0.2) is 25.3 Å². The molecular weight excluding hydrogens is 368 g/mol. The Bertz CT molecular complexity index is 322. The van der Waals surface area contributed by atoms with Crippen molar-refractivity contribution in [2.45, 2.75) is 103 Å². The van der Waals surface area contributed by atoms with Gasteiger partial charge in [0.1, 0.15) is 0 Å². The normalized spacial score (nSPS) is 9.48. The minimum atomic E-state index is -0.924. The first-order valence-corrected chi connectivity index (χ1v) is 10.2. The van der Waals surface area contributed by atoms with Crippen molar-refractivity contribution in [2.24, 2.45) is 0 Å². The Balaban J connectivity index is -0.000000411. The first-order chi connectivity index (χ1) is 12.5. The first-order valence-electron chi connectivity index (χ1n) is 10.2. The van der Waals surface area contributed by atoms with Crippen LogP contribution in [0.4, 0.5) is 0 Å². The minimum absolute atomic E-state index is 0. The van der Waals surface area contributed by atoms with Gasteiger partial charge in [-0.25, -0.2) is 0 Å². The molecule has 0 saturated carbocycles. The molecule has 0 N–H and O–H groups in total. The molecule has 0 saturated heterocycles. The van der Waals surface area contributed by atoms with Gasteiger partial charge in [0.15, 0.2) is 0 Å². The maximum absolute atomic E-state index is 10.1. The minimum Gasteiger partial charge on any atom is -0.550 e. The summed E-state index contributed by atoms with van der Waals surface area (Å²) in [5, 5.41) is 20.1. The van der Waals surface area contributed by atoms with E-state index in [9.17, 15) is 19.8 Å². The van der Waals surface area contributed by atoms with E-state index >= 15 is 0 Å². The van der Waals surface area contributed by atoms with Crippen LogP contribution in [0.25, 0.3) is 0 Å². The van der Waals surface area contributed by atoms with Crippen LogP contribution < -0.4 is 10.2 Å². The molecule has 0 aliphatic carbocycles. The Kier molecular flexibility index (Phi) is 32.4. The van der Waals surface area contributed by atoms with Crippen LogP contribution in [0.5, 0.6) is 0 Å². The van der Waals surface area contributed by atoms with E-state index in [4.69, 9.17) is 0 Å². The van der Waals surface area contributed by atoms with Crippen molar-refractivity contribution in [3.8, 4) is 0 Å². The average molecular weight is 407 g/mol. The van der Waals surface area contributed by atoms with Gasteiger partial charge in [-0.1, -0.05) is 63.5 Å². The molecule has 0 aromatic rings. The van der Waals surface area contributed by atoms with Gasteiger partial charge in [-0.15, -0.1) is 13.2 Å². The molecule has 4 nitrogen and oxygen atoms in total. The van der Waals surface area contributed by atoms with E-state index in [1.165, 1.54) is 38.5 Å². The van der Waals surface area contributed by atoms with E-state index in [0.29, 0.717) is 0 Å². The number of unbranched alkanes of at least 4 members (excludes halogenated alkanes) is 12. The molecule has 0 rings (SSSR count). The molecule has 0 atom stereocenters. The molecule has 0 radical (unpaired) electrons. The van der Waals surface area contributed by atoms with E-state index in [-0.39, 0.29) is 50.6 Å². The van der Waals surface area contributed by atoms with Crippen molar-refractivity contribution in [1.29, 1.82) is 0 Å². The van der Waals surface area contributed by atoms with Gasteiger partial charge in [-0.05, 0) is 51.4 Å². The first kappa shape index (κ1) is 31.4. The van der Waals surface area contributed by atoms with Gasteiger partial charge < -0.3 is 19.8 Å². The molecule has 5 heteroatoms. The standard InChI is InChI=1S/2C11H20O2.Ca/c2*1-2-3-4-5-6-7-8-9-10-11(12)13;/h2*2H,1,3-10H2,(H,12,13);/q;;+2/p-2. The molecule has 0 aliphatic heterocycles. The summed E-state index contributed by atoms with van der Waals surface area (Å²) in [6, 6.07) is 0. The molecule has 0 aromatic heterocycles. The second-order valence-corrected chi connectivity index (χ2v) is 6.64. The zero-order chi connectivity index (χ0) is 19.9. The van der Waals surface area contributed by atoms with E-state index in [0.717, 1.165) is 51.4 Å². The third-order valence-electron chi connectivity index (χ3n) is 4.08. The molecule has 27 heavy (non-hydrogen) atoms. The molecular formula is C22H38CaO4. The van der Waals surface area contributed by atoms with Crippen LogP contribution in [0.1, 0.15) is 103 Å². The number of rotatable bonds is 18. The maximum atomic E-state index is 10.1. The van der Waals surface area contributed by atoms with Crippen LogP contribution in [0.2, 0.25) is 0 Å². The van der Waals surface area contributed by atoms with Gasteiger partial charge in [0.2, 0.25) is 0 Å². The Morgan fingerprint density at radius 3 is 1.07 bits per heavy atom. The molecule has 0 aromatic carbocycles. The second-order valence-electron chi connectivity index (χ2n) is 6.64. The van der Waals surface area contributed by atoms with Gasteiger partial charge >= 0.3 is 37.7 Å². The molecule has 0 spiro atoms. The van der Waals surface area contributed by atoms with Crippen molar-refractivity contribution in [2.75, 3.05) is 0 Å². The monoisotopic (exact) mass is 406 g/mol. The number of carbonyl (C=O) groups is 2. The van der Waals surface area contributed by atoms with Gasteiger partial charge in [0.05, 0.1) is 0 Å². The fourth-order valence-electron chi connectivity index (χ4n) is 2.53. The van der Waals surface area contributed by atoms with Crippen molar-refractivity contribution in [3.63, 3.8) is 0 Å². The molecule has 0 unspecified atom stereocenters. The number of carboxylic acid groups (broad SMARTS) is 2. The fourth-order valence-corrected chi connectivity index (χ4v) is 2.53. The molecule has 0 bridgehead atoms. The van der Waals surface area contributed by atoms with Crippen LogP contribution in [0, 0.1) is 0 Å². The summed E-state index contributed by atoms with van der Waals surface area (Å²) in [5.41, 5.74) is 0. The zero-order valence-corrected chi connectivity index (χ0v) is 19.4. The van der Waals surface area contributed by atoms with Crippen molar-refractivity contribution in [3.05, 3.63) is 25.3 Å². The number of hydrogen-bond acceptors (Lipinski definition) is 4. The van der Waals surface area contributed by atoms with Gasteiger partial charge in [-0.3, -0.25) is 0 Å². The van der Waals surface area contributed by atoms with Crippen molar-refractivity contribution >= 4 is 49.7 Å². The van der Waals surface area contributed by atoms with Crippen LogP contribution in [-0.2, 0) is 9.59 Å². The second kappa shape index (κ2) is 27.9. The Morgan fingerprint density at radius 2 is 0.815 bits per heavy atom. The molecule has 0 aliphatic rings. The zero-order valence-electron chi connectivity index (χ0n) is 17.2. The SMILES string of the molecule is C=CCCCCCCCCC(=O)[O-].C=CCCCCCCCCC(=O)[O-].[Ca+2]. The smallest absolute Gasteiger partial charge is 0.550 e. The predicted octanol–water partition coefficient (Wildman–Crippen LogP) is 3.71. The Hall–Kier alpha value is -0.320. The summed E-state index contributed by atoms with van der Waals surface area (Å²) in [4.78, 5) is 20.1. The van der Waals surface area contributed by atoms with Crippen molar-refractivity contribution in [1.82, 2.24) is 0 Å². The van der Waals surface area contributed by atoms with E-state index < -0.39 is 11.9 Å². The van der Waals surface area contributed by atoms with Gasteiger partial charge in [0.25, 0.3) is 0 Å². The number of carbonyl (C=O) groups excluding carboxylic acids is 2. The Labute approximate surface area is 196 Å². The van der Waals surface area contributed by atoms with Crippen LogP contribution >= 0.6 is 0 Å². The quantitative estimate of drug-likeness (QED) is 0.197. The van der Waals surface area contributed by atoms with E-state index in [1.807, 2.05) is 12.2 Å². The number of carboxylic acids is 2. The molecule has 152 valence electrons. The number of aliphatic carboxylic acids is 2. The molecule has 0 amide bonds. The topological polar surface area (TPSA) is 80.3 Å². The number of hydrogen-bond donors (Lipinski definition) is 0. The van der Waals surface area contributed by atoms with Crippen LogP contribution in [0.3, 0.4) is 0 Å². The summed E-state index contributed by atoms with van der Waals surface area (Å²) in [6.45, 7) is 7.31. The summed E-state index contributed by atoms with van der Waals surface area (Å²) >= 11 is 0. The summed E-state index contributed by atoms with van der Waals surface area (Å²) in [5.74, 6) is -1.85. The summed E-state index contributed by atoms with van der Waals surface area (Å²) < 4.78 is 0. The Morgan fingerprint density at radius 1 is 0.556 bits per heavy atom. The maximum Gasteiger partial charge on any atom is 2.00 e. The molecule has 0 heterocycles. The third kappa shape index (κ3) is 37.2. The molecule has 0 fully saturated rings. The van der Waals surface area contributed by atoms with Crippen LogP contribution in [-0.4, -0.2) is 49.7 Å². The van der Waals surface area contributed by atoms with Gasteiger partial charge in [-0.2, -0.15) is 0 Å². The fraction of sp³-hybridized carbons (Fsp3) is 0.727. The summed E-state index contributed by atoms with van der Waals surface area (Å²) in [6.07, 6.45) is 19.7. The predicted molar refractivity (Wildman–Crippen MR) is 110 cm³/mol. The van der Waals surface area contributed by atoms with E-state index in [1.54, 1.807) is 0 Å². The van der Waals surface area contributed by atoms with E-state index in [2.05, 4.69) is 13.2 Å². The number of allylic oxidation sites excluding steroid dienone is 2.